The highest BCUT2D eigenvalue weighted by atomic mass is 16.5. The second kappa shape index (κ2) is 11.5. The maximum atomic E-state index is 12.0. The summed E-state index contributed by atoms with van der Waals surface area (Å²) in [7, 11) is 0. The number of aryl methyl sites for hydroxylation is 2. The fraction of sp³-hybridized carbons (Fsp3) is 0.304. The zero-order chi connectivity index (χ0) is 22.8. The topological polar surface area (TPSA) is 111 Å². The van der Waals surface area contributed by atoms with Crippen molar-refractivity contribution in [3.63, 3.8) is 0 Å². The molecule has 0 aliphatic heterocycles. The van der Waals surface area contributed by atoms with Crippen molar-refractivity contribution < 1.29 is 28.7 Å². The fourth-order valence-electron chi connectivity index (χ4n) is 2.70. The lowest BCUT2D eigenvalue weighted by molar-refractivity contribution is -0.147. The zero-order valence-electron chi connectivity index (χ0n) is 17.8. The molecular weight excluding hydrogens is 400 g/mol. The molecule has 0 fully saturated rings. The van der Waals surface area contributed by atoms with Crippen molar-refractivity contribution in [1.29, 1.82) is 0 Å². The van der Waals surface area contributed by atoms with E-state index in [1.165, 1.54) is 12.1 Å². The molecule has 8 nitrogen and oxygen atoms in total. The highest BCUT2D eigenvalue weighted by Crippen LogP contribution is 2.16. The van der Waals surface area contributed by atoms with Crippen molar-refractivity contribution in [1.82, 2.24) is 0 Å². The third-order valence-corrected chi connectivity index (χ3v) is 4.26. The molecule has 164 valence electrons. The van der Waals surface area contributed by atoms with E-state index in [2.05, 4.69) is 10.6 Å². The smallest absolute Gasteiger partial charge is 0.338 e. The molecule has 0 bridgehead atoms. The lowest BCUT2D eigenvalue weighted by atomic mass is 10.1. The molecule has 0 saturated carbocycles. The predicted octanol–water partition coefficient (Wildman–Crippen LogP) is 3.38. The third-order valence-electron chi connectivity index (χ3n) is 4.26. The molecule has 0 saturated heterocycles. The van der Waals surface area contributed by atoms with Crippen LogP contribution in [0.15, 0.2) is 42.5 Å². The van der Waals surface area contributed by atoms with Crippen LogP contribution < -0.4 is 10.6 Å². The summed E-state index contributed by atoms with van der Waals surface area (Å²) in [5.74, 6) is -1.94. The lowest BCUT2D eigenvalue weighted by Crippen LogP contribution is -2.22. The quantitative estimate of drug-likeness (QED) is 0.595. The van der Waals surface area contributed by atoms with Gasteiger partial charge >= 0.3 is 11.9 Å². The average Bonchev–Trinajstić information content (AvgIpc) is 2.73. The van der Waals surface area contributed by atoms with Crippen LogP contribution in [0.4, 0.5) is 11.4 Å². The molecule has 31 heavy (non-hydrogen) atoms. The summed E-state index contributed by atoms with van der Waals surface area (Å²) in [6.45, 7) is 5.36. The van der Waals surface area contributed by atoms with Gasteiger partial charge in [-0.15, -0.1) is 0 Å². The van der Waals surface area contributed by atoms with Crippen molar-refractivity contribution in [3.8, 4) is 0 Å². The van der Waals surface area contributed by atoms with Crippen LogP contribution >= 0.6 is 0 Å². The molecule has 8 heteroatoms. The number of esters is 2. The van der Waals surface area contributed by atoms with Gasteiger partial charge in [0.05, 0.1) is 18.6 Å². The van der Waals surface area contributed by atoms with Gasteiger partial charge in [-0.1, -0.05) is 17.7 Å². The molecule has 2 amide bonds. The maximum absolute atomic E-state index is 12.0. The Hall–Kier alpha value is -3.68. The van der Waals surface area contributed by atoms with Crippen molar-refractivity contribution in [2.45, 2.75) is 33.6 Å². The van der Waals surface area contributed by atoms with E-state index in [0.717, 1.165) is 11.1 Å². The first-order chi connectivity index (χ1) is 14.8. The highest BCUT2D eigenvalue weighted by Gasteiger charge is 2.12. The second-order valence-electron chi connectivity index (χ2n) is 6.87. The van der Waals surface area contributed by atoms with Gasteiger partial charge < -0.3 is 20.1 Å². The van der Waals surface area contributed by atoms with Crippen LogP contribution in [-0.2, 0) is 23.9 Å². The summed E-state index contributed by atoms with van der Waals surface area (Å²) >= 11 is 0. The summed E-state index contributed by atoms with van der Waals surface area (Å²) in [4.78, 5) is 47.4. The Morgan fingerprint density at radius 2 is 1.55 bits per heavy atom. The van der Waals surface area contributed by atoms with Gasteiger partial charge in [0.1, 0.15) is 0 Å². The summed E-state index contributed by atoms with van der Waals surface area (Å²) in [5.41, 5.74) is 3.53. The Morgan fingerprint density at radius 1 is 0.839 bits per heavy atom. The molecule has 0 unspecified atom stereocenters. The Kier molecular flexibility index (Phi) is 8.75. The van der Waals surface area contributed by atoms with E-state index in [9.17, 15) is 19.2 Å². The van der Waals surface area contributed by atoms with E-state index in [1.807, 2.05) is 32.0 Å². The monoisotopic (exact) mass is 426 g/mol. The molecule has 2 N–H and O–H groups in total. The van der Waals surface area contributed by atoms with Gasteiger partial charge in [0.25, 0.3) is 5.91 Å². The second-order valence-corrected chi connectivity index (χ2v) is 6.87. The number of benzene rings is 2. The fourth-order valence-corrected chi connectivity index (χ4v) is 2.70. The first kappa shape index (κ1) is 23.6. The van der Waals surface area contributed by atoms with Crippen LogP contribution in [-0.4, -0.2) is 37.0 Å². The molecular formula is C23H26N2O6. The largest absolute Gasteiger partial charge is 0.462 e. The summed E-state index contributed by atoms with van der Waals surface area (Å²) < 4.78 is 9.79. The highest BCUT2D eigenvalue weighted by molar-refractivity contribution is 5.95. The SMILES string of the molecule is CCOC(=O)c1ccc(NC(=O)COC(=O)CCC(=O)Nc2ccc(C)cc2C)cc1. The normalized spacial score (nSPS) is 10.2. The van der Waals surface area contributed by atoms with E-state index in [-0.39, 0.29) is 25.4 Å². The number of hydrogen-bond donors (Lipinski definition) is 2. The minimum atomic E-state index is -0.649. The Morgan fingerprint density at radius 3 is 2.19 bits per heavy atom. The lowest BCUT2D eigenvalue weighted by Gasteiger charge is -2.09. The standard InChI is InChI=1S/C23H26N2O6/c1-4-30-23(29)17-6-8-18(9-7-17)24-21(27)14-31-22(28)12-11-20(26)25-19-10-5-15(2)13-16(19)3/h5-10,13H,4,11-12,14H2,1-3H3,(H,24,27)(H,25,26). The van der Waals surface area contributed by atoms with Crippen molar-refractivity contribution in [2.75, 3.05) is 23.8 Å². The van der Waals surface area contributed by atoms with Gasteiger partial charge in [0.15, 0.2) is 6.61 Å². The number of hydrogen-bond acceptors (Lipinski definition) is 6. The zero-order valence-corrected chi connectivity index (χ0v) is 17.8. The number of amides is 2. The number of nitrogens with one attached hydrogen (secondary N) is 2. The van der Waals surface area contributed by atoms with Gasteiger partial charge in [-0.3, -0.25) is 14.4 Å². The summed E-state index contributed by atoms with van der Waals surface area (Å²) in [6, 6.07) is 11.8. The van der Waals surface area contributed by atoms with Crippen LogP contribution in [0.25, 0.3) is 0 Å². The number of rotatable bonds is 9. The number of carbonyl (C=O) groups excluding carboxylic acids is 4. The molecule has 2 aromatic carbocycles. The Balaban J connectivity index is 1.71. The Bertz CT molecular complexity index is 953. The van der Waals surface area contributed by atoms with Crippen LogP contribution in [0.2, 0.25) is 0 Å². The van der Waals surface area contributed by atoms with Gasteiger partial charge in [-0.25, -0.2) is 4.79 Å². The van der Waals surface area contributed by atoms with Gasteiger partial charge in [-0.2, -0.15) is 0 Å². The van der Waals surface area contributed by atoms with E-state index in [0.29, 0.717) is 16.9 Å². The number of ether oxygens (including phenoxy) is 2. The van der Waals surface area contributed by atoms with Crippen molar-refractivity contribution in [2.24, 2.45) is 0 Å². The van der Waals surface area contributed by atoms with Gasteiger partial charge in [0.2, 0.25) is 5.91 Å². The van der Waals surface area contributed by atoms with Crippen LogP contribution in [0.3, 0.4) is 0 Å². The van der Waals surface area contributed by atoms with E-state index in [4.69, 9.17) is 9.47 Å². The average molecular weight is 426 g/mol. The molecule has 0 aliphatic carbocycles. The van der Waals surface area contributed by atoms with Crippen molar-refractivity contribution >= 4 is 35.1 Å². The molecule has 0 spiro atoms. The number of carbonyl (C=O) groups is 4. The summed E-state index contributed by atoms with van der Waals surface area (Å²) in [5, 5.41) is 5.31. The van der Waals surface area contributed by atoms with Crippen LogP contribution in [0.1, 0.15) is 41.3 Å². The molecule has 2 rings (SSSR count). The minimum absolute atomic E-state index is 0.0525. The molecule has 0 atom stereocenters. The van der Waals surface area contributed by atoms with Gasteiger partial charge in [0, 0.05) is 17.8 Å². The first-order valence-electron chi connectivity index (χ1n) is 9.88. The van der Waals surface area contributed by atoms with Crippen LogP contribution in [0, 0.1) is 13.8 Å². The van der Waals surface area contributed by atoms with E-state index in [1.54, 1.807) is 19.1 Å². The predicted molar refractivity (Wildman–Crippen MR) is 116 cm³/mol. The minimum Gasteiger partial charge on any atom is -0.462 e. The Labute approximate surface area is 180 Å². The van der Waals surface area contributed by atoms with Gasteiger partial charge in [-0.05, 0) is 56.7 Å². The molecule has 0 heterocycles. The van der Waals surface area contributed by atoms with Crippen LogP contribution in [0.5, 0.6) is 0 Å². The molecule has 0 aromatic heterocycles. The summed E-state index contributed by atoms with van der Waals surface area (Å²) in [6.07, 6.45) is -0.193. The van der Waals surface area contributed by atoms with E-state index >= 15 is 0 Å². The third kappa shape index (κ3) is 7.93. The molecule has 0 aliphatic rings. The van der Waals surface area contributed by atoms with Crippen molar-refractivity contribution in [3.05, 3.63) is 59.2 Å². The van der Waals surface area contributed by atoms with E-state index < -0.39 is 24.5 Å². The molecule has 0 radical (unpaired) electrons. The first-order valence-corrected chi connectivity index (χ1v) is 9.88. The number of anilines is 2. The molecule has 2 aromatic rings. The maximum Gasteiger partial charge on any atom is 0.338 e.